The molecule has 0 saturated heterocycles. The number of nitriles is 1. The maximum Gasteiger partial charge on any atom is 0.220 e. The summed E-state index contributed by atoms with van der Waals surface area (Å²) in [5.41, 5.74) is 4.06. The number of methoxy groups -OCH3 is 1. The van der Waals surface area contributed by atoms with Gasteiger partial charge in [0.15, 0.2) is 0 Å². The molecule has 0 radical (unpaired) electrons. The van der Waals surface area contributed by atoms with Gasteiger partial charge in [-0.1, -0.05) is 12.1 Å². The Balaban J connectivity index is 1.75. The molecule has 0 aliphatic carbocycles. The molecule has 1 aliphatic heterocycles. The van der Waals surface area contributed by atoms with Gasteiger partial charge < -0.3 is 4.74 Å². The van der Waals surface area contributed by atoms with Gasteiger partial charge in [0.05, 0.1) is 24.4 Å². The molecule has 106 valence electrons. The largest absolute Gasteiger partial charge is 0.481 e. The van der Waals surface area contributed by atoms with Crippen LogP contribution in [0.15, 0.2) is 30.6 Å². The van der Waals surface area contributed by atoms with Crippen molar-refractivity contribution in [3.63, 3.8) is 0 Å². The highest BCUT2D eigenvalue weighted by Gasteiger charge is 2.21. The molecule has 0 fully saturated rings. The molecule has 0 N–H and O–H groups in total. The molecule has 0 unspecified atom stereocenters. The van der Waals surface area contributed by atoms with Gasteiger partial charge in [-0.05, 0) is 17.7 Å². The van der Waals surface area contributed by atoms with E-state index in [9.17, 15) is 0 Å². The Hall–Kier alpha value is -2.45. The lowest BCUT2D eigenvalue weighted by Crippen LogP contribution is -2.31. The Morgan fingerprint density at radius 3 is 2.81 bits per heavy atom. The Morgan fingerprint density at radius 2 is 2.10 bits per heavy atom. The van der Waals surface area contributed by atoms with E-state index in [1.807, 2.05) is 24.3 Å². The van der Waals surface area contributed by atoms with E-state index >= 15 is 0 Å². The third kappa shape index (κ3) is 2.86. The summed E-state index contributed by atoms with van der Waals surface area (Å²) >= 11 is 0. The van der Waals surface area contributed by atoms with Gasteiger partial charge >= 0.3 is 0 Å². The van der Waals surface area contributed by atoms with E-state index in [-0.39, 0.29) is 0 Å². The molecule has 3 rings (SSSR count). The number of nitrogens with zero attached hydrogens (tertiary/aromatic N) is 4. The van der Waals surface area contributed by atoms with Crippen LogP contribution in [0, 0.1) is 11.3 Å². The molecule has 21 heavy (non-hydrogen) atoms. The van der Waals surface area contributed by atoms with Gasteiger partial charge in [-0.2, -0.15) is 5.26 Å². The highest BCUT2D eigenvalue weighted by molar-refractivity contribution is 5.33. The highest BCUT2D eigenvalue weighted by atomic mass is 16.5. The van der Waals surface area contributed by atoms with Crippen LogP contribution in [0.3, 0.4) is 0 Å². The van der Waals surface area contributed by atoms with E-state index in [0.29, 0.717) is 11.4 Å². The van der Waals surface area contributed by atoms with Crippen LogP contribution in [0.5, 0.6) is 5.88 Å². The maximum atomic E-state index is 8.83. The fraction of sp³-hybridized carbons (Fsp3) is 0.312. The minimum absolute atomic E-state index is 0.671. The van der Waals surface area contributed by atoms with Crippen molar-refractivity contribution in [2.24, 2.45) is 0 Å². The van der Waals surface area contributed by atoms with E-state index in [0.717, 1.165) is 37.3 Å². The van der Waals surface area contributed by atoms with Crippen LogP contribution >= 0.6 is 0 Å². The number of hydrogen-bond acceptors (Lipinski definition) is 5. The second-order valence-corrected chi connectivity index (χ2v) is 5.08. The quantitative estimate of drug-likeness (QED) is 0.859. The lowest BCUT2D eigenvalue weighted by atomic mass is 10.1. The predicted molar refractivity (Wildman–Crippen MR) is 77.6 cm³/mol. The first-order valence-electron chi connectivity index (χ1n) is 6.88. The Kier molecular flexibility index (Phi) is 3.80. The normalized spacial score (nSPS) is 14.3. The van der Waals surface area contributed by atoms with Crippen molar-refractivity contribution in [1.82, 2.24) is 14.9 Å². The average molecular weight is 280 g/mol. The number of benzene rings is 1. The number of fused-ring (bicyclic) bond motifs is 1. The van der Waals surface area contributed by atoms with Crippen molar-refractivity contribution in [2.45, 2.75) is 19.5 Å². The summed E-state index contributed by atoms with van der Waals surface area (Å²) in [6.07, 6.45) is 2.47. The molecule has 0 atom stereocenters. The summed E-state index contributed by atoms with van der Waals surface area (Å²) in [5.74, 6) is 0.671. The first-order chi connectivity index (χ1) is 10.3. The smallest absolute Gasteiger partial charge is 0.220 e. The summed E-state index contributed by atoms with van der Waals surface area (Å²) in [6.45, 7) is 2.61. The SMILES string of the molecule is COc1ncnc2c1CN(Cc1ccc(C#N)cc1)CC2. The number of aromatic nitrogens is 2. The summed E-state index contributed by atoms with van der Waals surface area (Å²) < 4.78 is 5.33. The van der Waals surface area contributed by atoms with Gasteiger partial charge in [0.1, 0.15) is 6.33 Å². The number of ether oxygens (including phenoxy) is 1. The van der Waals surface area contributed by atoms with Crippen LogP contribution < -0.4 is 4.74 Å². The molecule has 5 heteroatoms. The Bertz CT molecular complexity index is 661. The molecule has 0 bridgehead atoms. The van der Waals surface area contributed by atoms with Gasteiger partial charge in [-0.3, -0.25) is 4.90 Å². The van der Waals surface area contributed by atoms with Crippen LogP contribution in [-0.2, 0) is 19.5 Å². The van der Waals surface area contributed by atoms with E-state index in [2.05, 4.69) is 20.9 Å². The zero-order chi connectivity index (χ0) is 14.7. The molecule has 2 heterocycles. The number of hydrogen-bond donors (Lipinski definition) is 0. The third-order valence-corrected chi connectivity index (χ3v) is 3.72. The zero-order valence-corrected chi connectivity index (χ0v) is 11.9. The second kappa shape index (κ2) is 5.90. The van der Waals surface area contributed by atoms with Crippen molar-refractivity contribution in [1.29, 1.82) is 5.26 Å². The summed E-state index contributed by atoms with van der Waals surface area (Å²) in [5, 5.41) is 8.83. The van der Waals surface area contributed by atoms with E-state index < -0.39 is 0 Å². The van der Waals surface area contributed by atoms with Gasteiger partial charge in [0.25, 0.3) is 0 Å². The second-order valence-electron chi connectivity index (χ2n) is 5.08. The van der Waals surface area contributed by atoms with Crippen molar-refractivity contribution in [3.8, 4) is 11.9 Å². The minimum atomic E-state index is 0.671. The van der Waals surface area contributed by atoms with Crippen LogP contribution in [0.2, 0.25) is 0 Å². The Labute approximate surface area is 123 Å². The van der Waals surface area contributed by atoms with Crippen LogP contribution in [-0.4, -0.2) is 28.5 Å². The van der Waals surface area contributed by atoms with Gasteiger partial charge in [0.2, 0.25) is 5.88 Å². The maximum absolute atomic E-state index is 8.83. The van der Waals surface area contributed by atoms with Gasteiger partial charge in [0, 0.05) is 31.6 Å². The first kappa shape index (κ1) is 13.5. The van der Waals surface area contributed by atoms with Gasteiger partial charge in [-0.25, -0.2) is 9.97 Å². The topological polar surface area (TPSA) is 62.0 Å². The van der Waals surface area contributed by atoms with E-state index in [4.69, 9.17) is 10.00 Å². The molecule has 2 aromatic rings. The van der Waals surface area contributed by atoms with Gasteiger partial charge in [-0.15, -0.1) is 0 Å². The van der Waals surface area contributed by atoms with Crippen LogP contribution in [0.25, 0.3) is 0 Å². The molecule has 1 aromatic carbocycles. The summed E-state index contributed by atoms with van der Waals surface area (Å²) in [7, 11) is 1.64. The molecule has 1 aliphatic rings. The third-order valence-electron chi connectivity index (χ3n) is 3.72. The highest BCUT2D eigenvalue weighted by Crippen LogP contribution is 2.25. The molecule has 5 nitrogen and oxygen atoms in total. The van der Waals surface area contributed by atoms with Crippen molar-refractivity contribution in [2.75, 3.05) is 13.7 Å². The predicted octanol–water partition coefficient (Wildman–Crippen LogP) is 1.92. The fourth-order valence-electron chi connectivity index (χ4n) is 2.63. The molecule has 0 saturated carbocycles. The van der Waals surface area contributed by atoms with E-state index in [1.165, 1.54) is 5.56 Å². The van der Waals surface area contributed by atoms with Crippen molar-refractivity contribution < 1.29 is 4.74 Å². The molecule has 1 aromatic heterocycles. The Morgan fingerprint density at radius 1 is 1.29 bits per heavy atom. The zero-order valence-electron chi connectivity index (χ0n) is 11.9. The summed E-state index contributed by atoms with van der Waals surface area (Å²) in [6, 6.07) is 9.87. The van der Waals surface area contributed by atoms with Crippen molar-refractivity contribution in [3.05, 3.63) is 53.0 Å². The molecule has 0 spiro atoms. The standard InChI is InChI=1S/C16H16N4O/c1-21-16-14-10-20(7-6-15(14)18-11-19-16)9-13-4-2-12(8-17)3-5-13/h2-5,11H,6-7,9-10H2,1H3. The number of rotatable bonds is 3. The lowest BCUT2D eigenvalue weighted by Gasteiger charge is -2.28. The lowest BCUT2D eigenvalue weighted by molar-refractivity contribution is 0.236. The van der Waals surface area contributed by atoms with Crippen LogP contribution in [0.4, 0.5) is 0 Å². The van der Waals surface area contributed by atoms with Crippen LogP contribution in [0.1, 0.15) is 22.4 Å². The van der Waals surface area contributed by atoms with E-state index in [1.54, 1.807) is 13.4 Å². The minimum Gasteiger partial charge on any atom is -0.481 e. The molecular weight excluding hydrogens is 264 g/mol. The summed E-state index contributed by atoms with van der Waals surface area (Å²) in [4.78, 5) is 10.9. The van der Waals surface area contributed by atoms with Crippen molar-refractivity contribution >= 4 is 0 Å². The first-order valence-corrected chi connectivity index (χ1v) is 6.88. The fourth-order valence-corrected chi connectivity index (χ4v) is 2.63. The molecular formula is C16H16N4O. The average Bonchev–Trinajstić information content (AvgIpc) is 2.55. The monoisotopic (exact) mass is 280 g/mol. The molecule has 0 amide bonds.